The molecule has 0 spiro atoms. The van der Waals surface area contributed by atoms with Crippen LogP contribution in [0.5, 0.6) is 0 Å². The Kier molecular flexibility index (Phi) is 13.8. The Labute approximate surface area is 182 Å². The van der Waals surface area contributed by atoms with Crippen molar-refractivity contribution in [1.82, 2.24) is 0 Å². The van der Waals surface area contributed by atoms with E-state index < -0.39 is 0 Å². The third-order valence-electron chi connectivity index (χ3n) is 6.09. The molecule has 3 heteroatoms. The van der Waals surface area contributed by atoms with Crippen LogP contribution in [0.1, 0.15) is 101 Å². The standard InChI is InChI=1S/C26H50O3/c1-11-13-14-20(5)22(7)29-25(27)18-28-21(6)15-16-23(12-2)24(17-19(3)4)26(8,9)10/h13-14,19-24H,11-12,15-18H2,1-10H3/b14-13-. The second-order valence-corrected chi connectivity index (χ2v) is 10.4. The molecular formula is C26H50O3. The van der Waals surface area contributed by atoms with Crippen LogP contribution in [0.4, 0.5) is 0 Å². The third-order valence-corrected chi connectivity index (χ3v) is 6.09. The van der Waals surface area contributed by atoms with Gasteiger partial charge in [-0.15, -0.1) is 0 Å². The Hall–Kier alpha value is -0.830. The number of esters is 1. The first-order valence-corrected chi connectivity index (χ1v) is 11.9. The fourth-order valence-corrected chi connectivity index (χ4v) is 4.05. The number of rotatable bonds is 14. The molecule has 0 aliphatic carbocycles. The van der Waals surface area contributed by atoms with E-state index in [9.17, 15) is 4.79 Å². The summed E-state index contributed by atoms with van der Waals surface area (Å²) < 4.78 is 11.3. The van der Waals surface area contributed by atoms with Gasteiger partial charge < -0.3 is 9.47 Å². The van der Waals surface area contributed by atoms with Gasteiger partial charge in [-0.3, -0.25) is 0 Å². The van der Waals surface area contributed by atoms with Crippen molar-refractivity contribution in [3.63, 3.8) is 0 Å². The van der Waals surface area contributed by atoms with Crippen LogP contribution in [-0.2, 0) is 14.3 Å². The van der Waals surface area contributed by atoms with Gasteiger partial charge in [0.25, 0.3) is 0 Å². The summed E-state index contributed by atoms with van der Waals surface area (Å²) in [6.07, 6.45) is 9.77. The minimum atomic E-state index is -0.263. The van der Waals surface area contributed by atoms with Gasteiger partial charge in [0.05, 0.1) is 6.10 Å². The number of allylic oxidation sites excluding steroid dienone is 1. The smallest absolute Gasteiger partial charge is 0.332 e. The molecular weight excluding hydrogens is 360 g/mol. The summed E-state index contributed by atoms with van der Waals surface area (Å²) in [5.74, 6) is 2.08. The second-order valence-electron chi connectivity index (χ2n) is 10.4. The zero-order valence-corrected chi connectivity index (χ0v) is 21.1. The van der Waals surface area contributed by atoms with Crippen LogP contribution >= 0.6 is 0 Å². The highest BCUT2D eigenvalue weighted by molar-refractivity contribution is 5.70. The van der Waals surface area contributed by atoms with Gasteiger partial charge in [0.2, 0.25) is 0 Å². The van der Waals surface area contributed by atoms with Crippen molar-refractivity contribution >= 4 is 5.97 Å². The number of hydrogen-bond donors (Lipinski definition) is 0. The number of carbonyl (C=O) groups excluding carboxylic acids is 1. The van der Waals surface area contributed by atoms with E-state index >= 15 is 0 Å². The molecule has 5 atom stereocenters. The molecule has 0 rings (SSSR count). The second kappa shape index (κ2) is 14.2. The van der Waals surface area contributed by atoms with Crippen LogP contribution in [0.25, 0.3) is 0 Å². The Morgan fingerprint density at radius 3 is 2.10 bits per heavy atom. The molecule has 0 aliphatic heterocycles. The lowest BCUT2D eigenvalue weighted by Crippen LogP contribution is -2.30. The summed E-state index contributed by atoms with van der Waals surface area (Å²) >= 11 is 0. The monoisotopic (exact) mass is 410 g/mol. The highest BCUT2D eigenvalue weighted by Crippen LogP contribution is 2.40. The summed E-state index contributed by atoms with van der Waals surface area (Å²) in [6.45, 7) is 22.3. The number of carbonyl (C=O) groups is 1. The van der Waals surface area contributed by atoms with Crippen molar-refractivity contribution in [3.05, 3.63) is 12.2 Å². The SMILES string of the molecule is CC/C=C\C(C)C(C)OC(=O)COC(C)CCC(CC)C(CC(C)C)C(C)(C)C. The lowest BCUT2D eigenvalue weighted by atomic mass is 9.67. The van der Waals surface area contributed by atoms with Gasteiger partial charge in [-0.25, -0.2) is 4.79 Å². The van der Waals surface area contributed by atoms with Gasteiger partial charge in [0.15, 0.2) is 0 Å². The van der Waals surface area contributed by atoms with Crippen LogP contribution < -0.4 is 0 Å². The average molecular weight is 411 g/mol. The lowest BCUT2D eigenvalue weighted by molar-refractivity contribution is -0.157. The minimum Gasteiger partial charge on any atom is -0.460 e. The normalized spacial score (nSPS) is 17.9. The highest BCUT2D eigenvalue weighted by atomic mass is 16.6. The molecule has 0 heterocycles. The van der Waals surface area contributed by atoms with Gasteiger partial charge in [0.1, 0.15) is 12.7 Å². The maximum Gasteiger partial charge on any atom is 0.332 e. The molecule has 29 heavy (non-hydrogen) atoms. The van der Waals surface area contributed by atoms with Gasteiger partial charge in [-0.1, -0.05) is 74.0 Å². The van der Waals surface area contributed by atoms with E-state index in [-0.39, 0.29) is 30.7 Å². The van der Waals surface area contributed by atoms with Gasteiger partial charge in [0, 0.05) is 5.92 Å². The molecule has 0 aliphatic rings. The number of ether oxygens (including phenoxy) is 2. The van der Waals surface area contributed by atoms with Crippen molar-refractivity contribution in [2.75, 3.05) is 6.61 Å². The Bertz CT molecular complexity index is 461. The molecule has 0 aromatic carbocycles. The molecule has 0 aromatic rings. The van der Waals surface area contributed by atoms with Crippen LogP contribution in [-0.4, -0.2) is 24.8 Å². The molecule has 5 unspecified atom stereocenters. The van der Waals surface area contributed by atoms with E-state index in [4.69, 9.17) is 9.47 Å². The Balaban J connectivity index is 4.49. The topological polar surface area (TPSA) is 35.5 Å². The largest absolute Gasteiger partial charge is 0.460 e. The lowest BCUT2D eigenvalue weighted by Gasteiger charge is -2.38. The van der Waals surface area contributed by atoms with Gasteiger partial charge in [-0.05, 0) is 62.7 Å². The van der Waals surface area contributed by atoms with Crippen LogP contribution in [0.3, 0.4) is 0 Å². The van der Waals surface area contributed by atoms with Crippen molar-refractivity contribution in [1.29, 1.82) is 0 Å². The van der Waals surface area contributed by atoms with E-state index in [1.807, 2.05) is 6.92 Å². The first-order chi connectivity index (χ1) is 13.4. The molecule has 0 saturated carbocycles. The third kappa shape index (κ3) is 12.5. The van der Waals surface area contributed by atoms with Crippen LogP contribution in [0, 0.1) is 29.1 Å². The van der Waals surface area contributed by atoms with Crippen LogP contribution in [0.15, 0.2) is 12.2 Å². The summed E-state index contributed by atoms with van der Waals surface area (Å²) in [7, 11) is 0. The minimum absolute atomic E-state index is 0.0429. The molecule has 0 bridgehead atoms. The van der Waals surface area contributed by atoms with Crippen LogP contribution in [0.2, 0.25) is 0 Å². The number of hydrogen-bond acceptors (Lipinski definition) is 3. The van der Waals surface area contributed by atoms with E-state index in [0.717, 1.165) is 19.3 Å². The summed E-state index contributed by atoms with van der Waals surface area (Å²) in [6, 6.07) is 0. The molecule has 0 aromatic heterocycles. The van der Waals surface area contributed by atoms with E-state index in [1.165, 1.54) is 12.8 Å². The molecule has 0 saturated heterocycles. The maximum atomic E-state index is 12.1. The molecule has 0 N–H and O–H groups in total. The first kappa shape index (κ1) is 28.2. The molecule has 172 valence electrons. The molecule has 3 nitrogen and oxygen atoms in total. The maximum absolute atomic E-state index is 12.1. The van der Waals surface area contributed by atoms with Gasteiger partial charge in [-0.2, -0.15) is 0 Å². The van der Waals surface area contributed by atoms with Crippen molar-refractivity contribution in [3.8, 4) is 0 Å². The predicted molar refractivity (Wildman–Crippen MR) is 125 cm³/mol. The zero-order chi connectivity index (χ0) is 22.6. The van der Waals surface area contributed by atoms with Crippen molar-refractivity contribution < 1.29 is 14.3 Å². The fourth-order valence-electron chi connectivity index (χ4n) is 4.05. The van der Waals surface area contributed by atoms with E-state index in [2.05, 4.69) is 74.5 Å². The van der Waals surface area contributed by atoms with E-state index in [0.29, 0.717) is 23.2 Å². The first-order valence-electron chi connectivity index (χ1n) is 11.9. The fraction of sp³-hybridized carbons (Fsp3) is 0.885. The van der Waals surface area contributed by atoms with E-state index in [1.54, 1.807) is 0 Å². The summed E-state index contributed by atoms with van der Waals surface area (Å²) in [5.41, 5.74) is 0.317. The highest BCUT2D eigenvalue weighted by Gasteiger charge is 2.31. The van der Waals surface area contributed by atoms with Crippen molar-refractivity contribution in [2.45, 2.75) is 114 Å². The van der Waals surface area contributed by atoms with Gasteiger partial charge >= 0.3 is 5.97 Å². The molecule has 0 amide bonds. The molecule has 0 fully saturated rings. The average Bonchev–Trinajstić information content (AvgIpc) is 2.62. The summed E-state index contributed by atoms with van der Waals surface area (Å²) in [5, 5.41) is 0. The van der Waals surface area contributed by atoms with Crippen molar-refractivity contribution in [2.24, 2.45) is 29.1 Å². The predicted octanol–water partition coefficient (Wildman–Crippen LogP) is 7.44. The Morgan fingerprint density at radius 1 is 1.00 bits per heavy atom. The Morgan fingerprint density at radius 2 is 1.62 bits per heavy atom. The zero-order valence-electron chi connectivity index (χ0n) is 21.1. The summed E-state index contributed by atoms with van der Waals surface area (Å²) in [4.78, 5) is 12.1. The molecule has 0 radical (unpaired) electrons. The quantitative estimate of drug-likeness (QED) is 0.220.